The number of aromatic nitrogens is 3. The van der Waals surface area contributed by atoms with E-state index in [1.165, 1.54) is 36.6 Å². The SMILES string of the molecule is Clc1cc(C2CC2)c2nccn2n1.N#Cc1cccc(F)c1. The van der Waals surface area contributed by atoms with Crippen molar-refractivity contribution in [1.29, 1.82) is 5.26 Å². The van der Waals surface area contributed by atoms with Crippen LogP contribution in [0.15, 0.2) is 42.7 Å². The fraction of sp³-hybridized carbons (Fsp3) is 0.188. The molecule has 1 aliphatic carbocycles. The molecule has 0 aliphatic heterocycles. The molecule has 0 saturated heterocycles. The molecule has 0 radical (unpaired) electrons. The molecule has 1 aliphatic rings. The summed E-state index contributed by atoms with van der Waals surface area (Å²) in [7, 11) is 0. The zero-order valence-corrected chi connectivity index (χ0v) is 12.3. The molecule has 1 fully saturated rings. The van der Waals surface area contributed by atoms with Gasteiger partial charge in [-0.05, 0) is 43.0 Å². The molecule has 4 nitrogen and oxygen atoms in total. The summed E-state index contributed by atoms with van der Waals surface area (Å²) < 4.78 is 13.9. The van der Waals surface area contributed by atoms with Crippen molar-refractivity contribution in [2.24, 2.45) is 0 Å². The van der Waals surface area contributed by atoms with E-state index >= 15 is 0 Å². The maximum atomic E-state index is 12.2. The third-order valence-electron chi connectivity index (χ3n) is 3.33. The highest BCUT2D eigenvalue weighted by molar-refractivity contribution is 6.29. The first-order valence-electron chi connectivity index (χ1n) is 6.83. The van der Waals surface area contributed by atoms with Gasteiger partial charge in [0.2, 0.25) is 0 Å². The van der Waals surface area contributed by atoms with E-state index in [0.717, 1.165) is 5.65 Å². The number of imidazole rings is 1. The molecule has 2 aromatic heterocycles. The van der Waals surface area contributed by atoms with Crippen molar-refractivity contribution in [2.45, 2.75) is 18.8 Å². The van der Waals surface area contributed by atoms with Gasteiger partial charge in [0.15, 0.2) is 5.65 Å². The van der Waals surface area contributed by atoms with Crippen LogP contribution < -0.4 is 0 Å². The Balaban J connectivity index is 0.000000142. The average molecular weight is 315 g/mol. The van der Waals surface area contributed by atoms with Crippen molar-refractivity contribution in [3.05, 3.63) is 64.8 Å². The summed E-state index contributed by atoms with van der Waals surface area (Å²) in [5.41, 5.74) is 2.55. The van der Waals surface area contributed by atoms with Crippen molar-refractivity contribution in [1.82, 2.24) is 14.6 Å². The van der Waals surface area contributed by atoms with Gasteiger partial charge in [0.25, 0.3) is 0 Å². The average Bonchev–Trinajstić information content (AvgIpc) is 3.25. The lowest BCUT2D eigenvalue weighted by molar-refractivity contribution is 0.627. The van der Waals surface area contributed by atoms with Crippen molar-refractivity contribution >= 4 is 17.2 Å². The van der Waals surface area contributed by atoms with Gasteiger partial charge in [0, 0.05) is 18.0 Å². The highest BCUT2D eigenvalue weighted by atomic mass is 35.5. The number of benzene rings is 1. The van der Waals surface area contributed by atoms with Crippen LogP contribution in [0.4, 0.5) is 4.39 Å². The highest BCUT2D eigenvalue weighted by Gasteiger charge is 2.26. The number of rotatable bonds is 1. The molecule has 1 aromatic carbocycles. The van der Waals surface area contributed by atoms with Crippen molar-refractivity contribution in [3.8, 4) is 6.07 Å². The van der Waals surface area contributed by atoms with Gasteiger partial charge in [-0.1, -0.05) is 17.7 Å². The second-order valence-corrected chi connectivity index (χ2v) is 5.40. The summed E-state index contributed by atoms with van der Waals surface area (Å²) in [6, 6.07) is 9.33. The van der Waals surface area contributed by atoms with E-state index < -0.39 is 0 Å². The highest BCUT2D eigenvalue weighted by Crippen LogP contribution is 2.41. The molecule has 2 heterocycles. The Morgan fingerprint density at radius 2 is 2.14 bits per heavy atom. The Labute approximate surface area is 131 Å². The lowest BCUT2D eigenvalue weighted by atomic mass is 10.2. The van der Waals surface area contributed by atoms with Gasteiger partial charge in [-0.3, -0.25) is 0 Å². The Kier molecular flexibility index (Phi) is 4.03. The maximum Gasteiger partial charge on any atom is 0.157 e. The first kappa shape index (κ1) is 14.5. The monoisotopic (exact) mass is 314 g/mol. The fourth-order valence-electron chi connectivity index (χ4n) is 2.16. The van der Waals surface area contributed by atoms with Crippen LogP contribution in [-0.4, -0.2) is 14.6 Å². The minimum absolute atomic E-state index is 0.356. The van der Waals surface area contributed by atoms with E-state index in [0.29, 0.717) is 16.6 Å². The molecule has 3 aromatic rings. The predicted octanol–water partition coefficient (Wildman–Crippen LogP) is 3.96. The molecular weight excluding hydrogens is 303 g/mol. The summed E-state index contributed by atoms with van der Waals surface area (Å²) in [5, 5.41) is 12.9. The van der Waals surface area contributed by atoms with Crippen LogP contribution in [0.25, 0.3) is 5.65 Å². The number of halogens is 2. The molecule has 0 unspecified atom stereocenters. The van der Waals surface area contributed by atoms with Crippen LogP contribution in [0, 0.1) is 17.1 Å². The van der Waals surface area contributed by atoms with E-state index in [2.05, 4.69) is 10.1 Å². The molecule has 4 rings (SSSR count). The Hall–Kier alpha value is -2.45. The van der Waals surface area contributed by atoms with E-state index in [1.807, 2.05) is 18.3 Å². The van der Waals surface area contributed by atoms with E-state index in [9.17, 15) is 4.39 Å². The van der Waals surface area contributed by atoms with Crippen LogP contribution >= 0.6 is 11.6 Å². The zero-order valence-electron chi connectivity index (χ0n) is 11.6. The third-order valence-corrected chi connectivity index (χ3v) is 3.51. The minimum atomic E-state index is -0.367. The summed E-state index contributed by atoms with van der Waals surface area (Å²) in [6.07, 6.45) is 6.09. The van der Waals surface area contributed by atoms with Gasteiger partial charge >= 0.3 is 0 Å². The topological polar surface area (TPSA) is 54.0 Å². The fourth-order valence-corrected chi connectivity index (χ4v) is 2.36. The first-order chi connectivity index (χ1) is 10.7. The van der Waals surface area contributed by atoms with Crippen LogP contribution in [-0.2, 0) is 0 Å². The second-order valence-electron chi connectivity index (χ2n) is 5.01. The van der Waals surface area contributed by atoms with Crippen LogP contribution in [0.2, 0.25) is 5.15 Å². The number of hydrogen-bond donors (Lipinski definition) is 0. The third kappa shape index (κ3) is 3.23. The smallest absolute Gasteiger partial charge is 0.157 e. The van der Waals surface area contributed by atoms with Crippen LogP contribution in [0.1, 0.15) is 29.9 Å². The molecule has 0 N–H and O–H groups in total. The lowest BCUT2D eigenvalue weighted by Crippen LogP contribution is -1.95. The molecule has 6 heteroatoms. The Bertz CT molecular complexity index is 849. The number of hydrogen-bond acceptors (Lipinski definition) is 3. The summed E-state index contributed by atoms with van der Waals surface area (Å²) in [4.78, 5) is 4.26. The van der Waals surface area contributed by atoms with Crippen molar-refractivity contribution < 1.29 is 4.39 Å². The molecule has 22 heavy (non-hydrogen) atoms. The van der Waals surface area contributed by atoms with Crippen molar-refractivity contribution in [2.75, 3.05) is 0 Å². The second kappa shape index (κ2) is 6.12. The van der Waals surface area contributed by atoms with Crippen molar-refractivity contribution in [3.63, 3.8) is 0 Å². The maximum absolute atomic E-state index is 12.2. The minimum Gasteiger partial charge on any atom is -0.235 e. The Morgan fingerprint density at radius 1 is 1.32 bits per heavy atom. The van der Waals surface area contributed by atoms with Crippen LogP contribution in [0.3, 0.4) is 0 Å². The quantitative estimate of drug-likeness (QED) is 0.683. The zero-order chi connectivity index (χ0) is 15.5. The van der Waals surface area contributed by atoms with E-state index in [-0.39, 0.29) is 5.82 Å². The molecule has 1 saturated carbocycles. The van der Waals surface area contributed by atoms with Gasteiger partial charge < -0.3 is 0 Å². The molecule has 0 spiro atoms. The summed E-state index contributed by atoms with van der Waals surface area (Å²) in [5.74, 6) is 0.291. The molecular formula is C16H12ClFN4. The van der Waals surface area contributed by atoms with E-state index in [4.69, 9.17) is 16.9 Å². The summed E-state index contributed by atoms with van der Waals surface area (Å²) in [6.45, 7) is 0. The number of fused-ring (bicyclic) bond motifs is 1. The number of nitrogens with zero attached hydrogens (tertiary/aromatic N) is 4. The van der Waals surface area contributed by atoms with Gasteiger partial charge in [0.05, 0.1) is 11.6 Å². The normalized spacial score (nSPS) is 13.3. The Morgan fingerprint density at radius 3 is 2.77 bits per heavy atom. The van der Waals surface area contributed by atoms with Crippen LogP contribution in [0.5, 0.6) is 0 Å². The molecule has 0 bridgehead atoms. The standard InChI is InChI=1S/C9H8ClN3.C7H4FN/c10-8-5-7(6-1-2-6)9-11-3-4-13(9)12-8;8-7-3-1-2-6(4-7)5-9/h3-6H,1-2H2;1-4H. The molecule has 0 amide bonds. The first-order valence-corrected chi connectivity index (χ1v) is 7.20. The summed E-state index contributed by atoms with van der Waals surface area (Å²) >= 11 is 5.89. The van der Waals surface area contributed by atoms with E-state index in [1.54, 1.807) is 16.8 Å². The predicted molar refractivity (Wildman–Crippen MR) is 81.1 cm³/mol. The van der Waals surface area contributed by atoms with Gasteiger partial charge in [-0.15, -0.1) is 0 Å². The largest absolute Gasteiger partial charge is 0.235 e. The van der Waals surface area contributed by atoms with Gasteiger partial charge in [-0.25, -0.2) is 13.9 Å². The van der Waals surface area contributed by atoms with Gasteiger partial charge in [0.1, 0.15) is 11.0 Å². The molecule has 110 valence electrons. The van der Waals surface area contributed by atoms with Gasteiger partial charge in [-0.2, -0.15) is 10.4 Å². The lowest BCUT2D eigenvalue weighted by Gasteiger charge is -2.00. The molecule has 0 atom stereocenters. The number of nitriles is 1.